The van der Waals surface area contributed by atoms with Crippen molar-refractivity contribution < 1.29 is 9.90 Å². The molecule has 3 aliphatic rings. The van der Waals surface area contributed by atoms with E-state index < -0.39 is 6.10 Å². The average molecular weight is 459 g/mol. The van der Waals surface area contributed by atoms with E-state index in [4.69, 9.17) is 0 Å². The van der Waals surface area contributed by atoms with Crippen LogP contribution in [0.5, 0.6) is 0 Å². The van der Waals surface area contributed by atoms with Crippen LogP contribution in [0, 0.1) is 11.3 Å². The predicted molar refractivity (Wildman–Crippen MR) is 138 cm³/mol. The van der Waals surface area contributed by atoms with Crippen LogP contribution in [-0.2, 0) is 11.2 Å². The summed E-state index contributed by atoms with van der Waals surface area (Å²) in [6.07, 6.45) is 9.81. The van der Waals surface area contributed by atoms with Crippen LogP contribution in [0.2, 0.25) is 0 Å². The zero-order chi connectivity index (χ0) is 24.0. The van der Waals surface area contributed by atoms with Gasteiger partial charge in [-0.15, -0.1) is 0 Å². The minimum Gasteiger partial charge on any atom is -0.389 e. The monoisotopic (exact) mass is 458 g/mol. The van der Waals surface area contributed by atoms with E-state index in [0.717, 1.165) is 60.8 Å². The van der Waals surface area contributed by atoms with Gasteiger partial charge in [-0.3, -0.25) is 4.79 Å². The molecule has 0 fully saturated rings. The van der Waals surface area contributed by atoms with Crippen molar-refractivity contribution in [3.63, 3.8) is 0 Å². The normalized spacial score (nSPS) is 29.1. The van der Waals surface area contributed by atoms with Gasteiger partial charge in [-0.2, -0.15) is 0 Å². The summed E-state index contributed by atoms with van der Waals surface area (Å²) < 4.78 is 0. The number of hydrogen-bond acceptors (Lipinski definition) is 2. The molecule has 5 rings (SSSR count). The van der Waals surface area contributed by atoms with Crippen LogP contribution < -0.4 is 0 Å². The summed E-state index contributed by atoms with van der Waals surface area (Å²) in [5, 5.41) is 11.9. The molecule has 2 bridgehead atoms. The number of fused-ring (bicyclic) bond motifs is 2. The number of hydrogen-bond donors (Lipinski definition) is 2. The molecule has 0 saturated heterocycles. The average Bonchev–Trinajstić information content (AvgIpc) is 3.30. The molecule has 34 heavy (non-hydrogen) atoms. The predicted octanol–water partition coefficient (Wildman–Crippen LogP) is 6.09. The molecule has 180 valence electrons. The molecule has 4 nitrogen and oxygen atoms in total. The highest BCUT2D eigenvalue weighted by molar-refractivity contribution is 5.98. The van der Waals surface area contributed by atoms with Crippen LogP contribution in [0.1, 0.15) is 64.9 Å². The molecular formula is C30H38N2O2. The first-order valence-corrected chi connectivity index (χ1v) is 12.9. The Bertz CT molecular complexity index is 1180. The summed E-state index contributed by atoms with van der Waals surface area (Å²) in [5.41, 5.74) is 7.11. The SMILES string of the molecule is C=C1CC[C@@H]2CCC3=C([C@@H](C/C(C)=C/[C@@H](O)C1)N(CCc1c[nH]c4ccccc14)C3=O)C2(C)C. The lowest BCUT2D eigenvalue weighted by Gasteiger charge is -2.43. The number of carbonyl (C=O) groups excluding carboxylic acids is 1. The molecule has 1 aliphatic heterocycles. The molecular weight excluding hydrogens is 420 g/mol. The van der Waals surface area contributed by atoms with Crippen LogP contribution in [0.25, 0.3) is 10.9 Å². The number of aromatic nitrogens is 1. The van der Waals surface area contributed by atoms with Gasteiger partial charge in [0, 0.05) is 29.2 Å². The first-order valence-electron chi connectivity index (χ1n) is 12.9. The van der Waals surface area contributed by atoms with E-state index >= 15 is 0 Å². The van der Waals surface area contributed by atoms with E-state index in [1.54, 1.807) is 0 Å². The summed E-state index contributed by atoms with van der Waals surface area (Å²) in [5.74, 6) is 0.770. The lowest BCUT2D eigenvalue weighted by molar-refractivity contribution is -0.127. The topological polar surface area (TPSA) is 56.3 Å². The molecule has 1 aromatic heterocycles. The van der Waals surface area contributed by atoms with Crippen LogP contribution in [0.4, 0.5) is 0 Å². The number of benzene rings is 1. The van der Waals surface area contributed by atoms with Gasteiger partial charge in [-0.05, 0) is 80.4 Å². The standard InChI is InChI=1S/C30H38N2O2/c1-19-9-10-22-11-12-25-28(30(22,3)4)27(17-20(2)16-23(33)15-19)32(29(25)34)14-13-21-18-31-26-8-6-5-7-24(21)26/h5-8,16,18,22-23,27,31,33H,1,9-15,17H2,2-4H3/b20-16+/t22-,23+,27-/m1/s1. The van der Waals surface area contributed by atoms with Gasteiger partial charge in [-0.25, -0.2) is 0 Å². The number of para-hydroxylation sites is 1. The fraction of sp³-hybridized carbons (Fsp3) is 0.500. The van der Waals surface area contributed by atoms with Gasteiger partial charge in [0.1, 0.15) is 0 Å². The highest BCUT2D eigenvalue weighted by Crippen LogP contribution is 2.53. The van der Waals surface area contributed by atoms with Crippen LogP contribution in [0.3, 0.4) is 0 Å². The lowest BCUT2D eigenvalue weighted by atomic mass is 9.62. The van der Waals surface area contributed by atoms with Crippen LogP contribution in [0.15, 0.2) is 65.4 Å². The lowest BCUT2D eigenvalue weighted by Crippen LogP contribution is -2.41. The molecule has 2 aliphatic carbocycles. The number of rotatable bonds is 3. The van der Waals surface area contributed by atoms with Crippen molar-refractivity contribution in [1.82, 2.24) is 9.88 Å². The minimum atomic E-state index is -0.495. The Morgan fingerprint density at radius 2 is 1.94 bits per heavy atom. The number of nitrogens with zero attached hydrogens (tertiary/aromatic N) is 1. The van der Waals surface area contributed by atoms with Gasteiger partial charge in [-0.1, -0.05) is 55.8 Å². The molecule has 1 amide bonds. The Hall–Kier alpha value is -2.59. The quantitative estimate of drug-likeness (QED) is 0.547. The molecule has 0 spiro atoms. The molecule has 2 N–H and O–H groups in total. The second kappa shape index (κ2) is 8.88. The molecule has 4 heteroatoms. The first-order chi connectivity index (χ1) is 16.3. The number of nitrogens with one attached hydrogen (secondary N) is 1. The number of aliphatic hydroxyl groups excluding tert-OH is 1. The Kier molecular flexibility index (Phi) is 6.05. The Labute approximate surface area is 203 Å². The van der Waals surface area contributed by atoms with Gasteiger partial charge in [0.05, 0.1) is 12.1 Å². The fourth-order valence-electron chi connectivity index (χ4n) is 6.84. The summed E-state index contributed by atoms with van der Waals surface area (Å²) in [6, 6.07) is 8.46. The van der Waals surface area contributed by atoms with Crippen molar-refractivity contribution in [2.75, 3.05) is 6.54 Å². The molecule has 3 atom stereocenters. The maximum atomic E-state index is 13.8. The Morgan fingerprint density at radius 3 is 2.76 bits per heavy atom. The maximum Gasteiger partial charge on any atom is 0.250 e. The molecule has 1 aromatic carbocycles. The summed E-state index contributed by atoms with van der Waals surface area (Å²) in [4.78, 5) is 19.3. The third kappa shape index (κ3) is 4.07. The minimum absolute atomic E-state index is 0.0121. The number of H-pyrrole nitrogens is 1. The smallest absolute Gasteiger partial charge is 0.250 e. The van der Waals surface area contributed by atoms with E-state index in [-0.39, 0.29) is 17.4 Å². The van der Waals surface area contributed by atoms with Crippen LogP contribution >= 0.6 is 0 Å². The third-order valence-corrected chi connectivity index (χ3v) is 8.64. The fourth-order valence-corrected chi connectivity index (χ4v) is 6.84. The summed E-state index contributed by atoms with van der Waals surface area (Å²) in [7, 11) is 0. The molecule has 0 unspecified atom stereocenters. The van der Waals surface area contributed by atoms with E-state index in [2.05, 4.69) is 61.6 Å². The summed E-state index contributed by atoms with van der Waals surface area (Å²) >= 11 is 0. The van der Waals surface area contributed by atoms with Crippen molar-refractivity contribution in [3.05, 3.63) is 71.0 Å². The zero-order valence-corrected chi connectivity index (χ0v) is 20.9. The van der Waals surface area contributed by atoms with Gasteiger partial charge in [0.2, 0.25) is 5.91 Å². The van der Waals surface area contributed by atoms with Gasteiger partial charge in [0.15, 0.2) is 0 Å². The Balaban J connectivity index is 1.49. The van der Waals surface area contributed by atoms with Crippen molar-refractivity contribution in [2.45, 2.75) is 77.9 Å². The van der Waals surface area contributed by atoms with Gasteiger partial charge >= 0.3 is 0 Å². The highest BCUT2D eigenvalue weighted by atomic mass is 16.3. The molecule has 2 heterocycles. The molecule has 2 aromatic rings. The summed E-state index contributed by atoms with van der Waals surface area (Å²) in [6.45, 7) is 11.8. The number of aromatic amines is 1. The third-order valence-electron chi connectivity index (χ3n) is 8.64. The molecule has 0 saturated carbocycles. The second-order valence-electron chi connectivity index (χ2n) is 11.3. The van der Waals surface area contributed by atoms with Crippen molar-refractivity contribution in [2.24, 2.45) is 11.3 Å². The number of carbonyl (C=O) groups is 1. The molecule has 0 radical (unpaired) electrons. The zero-order valence-electron chi connectivity index (χ0n) is 20.9. The van der Waals surface area contributed by atoms with Gasteiger partial charge in [0.25, 0.3) is 0 Å². The number of aliphatic hydroxyl groups is 1. The largest absolute Gasteiger partial charge is 0.389 e. The van der Waals surface area contributed by atoms with Crippen molar-refractivity contribution >= 4 is 16.8 Å². The van der Waals surface area contributed by atoms with Gasteiger partial charge < -0.3 is 15.0 Å². The van der Waals surface area contributed by atoms with E-state index in [1.165, 1.54) is 16.5 Å². The first kappa shape index (κ1) is 23.2. The maximum absolute atomic E-state index is 13.8. The second-order valence-corrected chi connectivity index (χ2v) is 11.3. The van der Waals surface area contributed by atoms with Crippen molar-refractivity contribution in [3.8, 4) is 0 Å². The van der Waals surface area contributed by atoms with Crippen LogP contribution in [-0.4, -0.2) is 39.6 Å². The van der Waals surface area contributed by atoms with E-state index in [9.17, 15) is 9.90 Å². The van der Waals surface area contributed by atoms with E-state index in [1.807, 2.05) is 12.1 Å². The Morgan fingerprint density at radius 1 is 1.18 bits per heavy atom. The number of amides is 1. The van der Waals surface area contributed by atoms with E-state index in [0.29, 0.717) is 18.9 Å². The van der Waals surface area contributed by atoms with Crippen molar-refractivity contribution in [1.29, 1.82) is 0 Å². The highest BCUT2D eigenvalue weighted by Gasteiger charge is 2.49.